The molecule has 2 rings (SSSR count). The van der Waals surface area contributed by atoms with E-state index in [4.69, 9.17) is 16.6 Å². The van der Waals surface area contributed by atoms with Crippen LogP contribution in [-0.2, 0) is 5.41 Å². The fourth-order valence-corrected chi connectivity index (χ4v) is 2.93. The summed E-state index contributed by atoms with van der Waals surface area (Å²) >= 11 is 6.28. The van der Waals surface area contributed by atoms with E-state index in [1.54, 1.807) is 0 Å². The van der Waals surface area contributed by atoms with Gasteiger partial charge < -0.3 is 5.32 Å². The normalized spacial score (nSPS) is 18.3. The molecular formula is C16H26ClN3. The maximum atomic E-state index is 6.28. The summed E-state index contributed by atoms with van der Waals surface area (Å²) in [6, 6.07) is 0.440. The van der Waals surface area contributed by atoms with Gasteiger partial charge in [0.25, 0.3) is 0 Å². The highest BCUT2D eigenvalue weighted by Crippen LogP contribution is 2.31. The van der Waals surface area contributed by atoms with Crippen molar-refractivity contribution in [1.29, 1.82) is 0 Å². The Kier molecular flexibility index (Phi) is 4.58. The zero-order chi connectivity index (χ0) is 14.9. The molecule has 1 fully saturated rings. The van der Waals surface area contributed by atoms with E-state index in [0.717, 1.165) is 23.1 Å². The minimum atomic E-state index is -0.0929. The van der Waals surface area contributed by atoms with Crippen molar-refractivity contribution in [2.45, 2.75) is 71.8 Å². The average molecular weight is 296 g/mol. The van der Waals surface area contributed by atoms with Crippen molar-refractivity contribution in [2.24, 2.45) is 5.92 Å². The van der Waals surface area contributed by atoms with Gasteiger partial charge in [0.15, 0.2) is 0 Å². The number of hydrogen-bond acceptors (Lipinski definition) is 3. The Morgan fingerprint density at radius 2 is 1.80 bits per heavy atom. The monoisotopic (exact) mass is 295 g/mol. The molecule has 1 heterocycles. The average Bonchev–Trinajstić information content (AvgIpc) is 2.87. The van der Waals surface area contributed by atoms with Crippen molar-refractivity contribution in [3.63, 3.8) is 0 Å². The smallest absolute Gasteiger partial charge is 0.137 e. The van der Waals surface area contributed by atoms with Crippen LogP contribution in [0.1, 0.15) is 64.8 Å². The van der Waals surface area contributed by atoms with Gasteiger partial charge in [0, 0.05) is 17.0 Å². The van der Waals surface area contributed by atoms with Crippen molar-refractivity contribution in [1.82, 2.24) is 9.97 Å². The first-order valence-electron chi connectivity index (χ1n) is 7.60. The summed E-state index contributed by atoms with van der Waals surface area (Å²) in [5, 5.41) is 4.13. The van der Waals surface area contributed by atoms with Crippen LogP contribution in [0.15, 0.2) is 0 Å². The van der Waals surface area contributed by atoms with Crippen LogP contribution in [0.4, 0.5) is 5.82 Å². The van der Waals surface area contributed by atoms with E-state index in [0.29, 0.717) is 11.2 Å². The molecule has 1 atom stereocenters. The third kappa shape index (κ3) is 3.43. The van der Waals surface area contributed by atoms with Gasteiger partial charge in [0.1, 0.15) is 16.8 Å². The molecule has 1 aromatic rings. The number of anilines is 1. The Bertz CT molecular complexity index is 473. The molecule has 1 unspecified atom stereocenters. The Hall–Kier alpha value is -0.830. The zero-order valence-electron chi connectivity index (χ0n) is 13.3. The van der Waals surface area contributed by atoms with Crippen LogP contribution in [0.25, 0.3) is 0 Å². The summed E-state index contributed by atoms with van der Waals surface area (Å²) in [5.41, 5.74) is 0.856. The fourth-order valence-electron chi connectivity index (χ4n) is 2.76. The number of nitrogens with one attached hydrogen (secondary N) is 1. The maximum absolute atomic E-state index is 6.28. The van der Waals surface area contributed by atoms with Crippen molar-refractivity contribution in [3.05, 3.63) is 16.5 Å². The van der Waals surface area contributed by atoms with Crippen LogP contribution in [0.2, 0.25) is 5.15 Å². The van der Waals surface area contributed by atoms with Crippen LogP contribution < -0.4 is 5.32 Å². The number of rotatable bonds is 3. The Morgan fingerprint density at radius 1 is 1.20 bits per heavy atom. The van der Waals surface area contributed by atoms with E-state index < -0.39 is 0 Å². The second-order valence-electron chi connectivity index (χ2n) is 7.04. The zero-order valence-corrected chi connectivity index (χ0v) is 14.0. The lowest BCUT2D eigenvalue weighted by atomic mass is 9.95. The topological polar surface area (TPSA) is 37.8 Å². The number of hydrogen-bond donors (Lipinski definition) is 1. The molecule has 0 radical (unpaired) electrons. The minimum Gasteiger partial charge on any atom is -0.367 e. The molecule has 0 aromatic carbocycles. The fraction of sp³-hybridized carbons (Fsp3) is 0.750. The molecule has 112 valence electrons. The molecule has 1 aliphatic rings. The lowest BCUT2D eigenvalue weighted by Gasteiger charge is -2.24. The first-order chi connectivity index (χ1) is 9.29. The van der Waals surface area contributed by atoms with Crippen molar-refractivity contribution in [2.75, 3.05) is 5.32 Å². The predicted octanol–water partition coefficient (Wildman–Crippen LogP) is 4.73. The quantitative estimate of drug-likeness (QED) is 0.819. The Balaban J connectivity index is 2.23. The van der Waals surface area contributed by atoms with Gasteiger partial charge in [-0.25, -0.2) is 9.97 Å². The van der Waals surface area contributed by atoms with E-state index in [1.807, 2.05) is 6.92 Å². The minimum absolute atomic E-state index is 0.0929. The van der Waals surface area contributed by atoms with E-state index >= 15 is 0 Å². The number of halogens is 1. The second kappa shape index (κ2) is 5.88. The molecule has 0 aliphatic heterocycles. The second-order valence-corrected chi connectivity index (χ2v) is 7.40. The molecule has 1 N–H and O–H groups in total. The Labute approximate surface area is 127 Å². The molecule has 0 spiro atoms. The van der Waals surface area contributed by atoms with Crippen molar-refractivity contribution < 1.29 is 0 Å². The van der Waals surface area contributed by atoms with Gasteiger partial charge in [-0.15, -0.1) is 0 Å². The van der Waals surface area contributed by atoms with Gasteiger partial charge in [-0.3, -0.25) is 0 Å². The highest BCUT2D eigenvalue weighted by Gasteiger charge is 2.24. The van der Waals surface area contributed by atoms with E-state index in [-0.39, 0.29) is 5.41 Å². The summed E-state index contributed by atoms with van der Waals surface area (Å²) < 4.78 is 0. The van der Waals surface area contributed by atoms with Gasteiger partial charge in [0.05, 0.1) is 0 Å². The molecule has 0 amide bonds. The number of aromatic nitrogens is 2. The van der Waals surface area contributed by atoms with Gasteiger partial charge >= 0.3 is 0 Å². The standard InChI is InChI=1S/C16H26ClN3/c1-10-13(17)19-15(16(3,4)5)20-14(10)18-11(2)12-8-6-7-9-12/h11-12H,6-9H2,1-5H3,(H,18,19,20). The molecule has 1 saturated carbocycles. The number of nitrogens with zero attached hydrogens (tertiary/aromatic N) is 2. The van der Waals surface area contributed by atoms with Crippen LogP contribution in [0, 0.1) is 12.8 Å². The molecule has 1 aliphatic carbocycles. The maximum Gasteiger partial charge on any atom is 0.137 e. The van der Waals surface area contributed by atoms with E-state index in [1.165, 1.54) is 25.7 Å². The molecule has 4 heteroatoms. The van der Waals surface area contributed by atoms with Crippen LogP contribution in [0.5, 0.6) is 0 Å². The molecule has 0 bridgehead atoms. The van der Waals surface area contributed by atoms with Gasteiger partial charge in [-0.1, -0.05) is 45.2 Å². The third-order valence-electron chi connectivity index (χ3n) is 4.23. The lowest BCUT2D eigenvalue weighted by molar-refractivity contribution is 0.479. The van der Waals surface area contributed by atoms with Gasteiger partial charge in [-0.2, -0.15) is 0 Å². The molecule has 3 nitrogen and oxygen atoms in total. The third-order valence-corrected chi connectivity index (χ3v) is 4.60. The van der Waals surface area contributed by atoms with Gasteiger partial charge in [0.2, 0.25) is 0 Å². The molecule has 20 heavy (non-hydrogen) atoms. The molecule has 1 aromatic heterocycles. The van der Waals surface area contributed by atoms with Crippen LogP contribution in [0.3, 0.4) is 0 Å². The van der Waals surface area contributed by atoms with E-state index in [2.05, 4.69) is 38.0 Å². The van der Waals surface area contributed by atoms with Crippen molar-refractivity contribution in [3.8, 4) is 0 Å². The van der Waals surface area contributed by atoms with Gasteiger partial charge in [-0.05, 0) is 32.6 Å². The SMILES string of the molecule is Cc1c(Cl)nc(C(C)(C)C)nc1NC(C)C1CCCC1. The summed E-state index contributed by atoms with van der Waals surface area (Å²) in [6.07, 6.45) is 5.34. The van der Waals surface area contributed by atoms with Crippen molar-refractivity contribution >= 4 is 17.4 Å². The van der Waals surface area contributed by atoms with Crippen LogP contribution >= 0.6 is 11.6 Å². The Morgan fingerprint density at radius 3 is 2.35 bits per heavy atom. The first kappa shape index (κ1) is 15.6. The summed E-state index contributed by atoms with van der Waals surface area (Å²) in [5.74, 6) is 2.45. The molecular weight excluding hydrogens is 270 g/mol. The summed E-state index contributed by atoms with van der Waals surface area (Å²) in [4.78, 5) is 9.13. The largest absolute Gasteiger partial charge is 0.367 e. The molecule has 0 saturated heterocycles. The first-order valence-corrected chi connectivity index (χ1v) is 7.98. The highest BCUT2D eigenvalue weighted by atomic mass is 35.5. The summed E-state index contributed by atoms with van der Waals surface area (Å²) in [7, 11) is 0. The lowest BCUT2D eigenvalue weighted by Crippen LogP contribution is -2.26. The van der Waals surface area contributed by atoms with E-state index in [9.17, 15) is 0 Å². The summed E-state index contributed by atoms with van der Waals surface area (Å²) in [6.45, 7) is 10.6. The van der Waals surface area contributed by atoms with Crippen LogP contribution in [-0.4, -0.2) is 16.0 Å². The highest BCUT2D eigenvalue weighted by molar-refractivity contribution is 6.30. The predicted molar refractivity (Wildman–Crippen MR) is 85.5 cm³/mol.